The lowest BCUT2D eigenvalue weighted by Gasteiger charge is -2.05. The van der Waals surface area contributed by atoms with Crippen molar-refractivity contribution in [2.24, 2.45) is 11.8 Å². The number of hydrogen-bond donors (Lipinski definition) is 2. The summed E-state index contributed by atoms with van der Waals surface area (Å²) in [6, 6.07) is 4.33. The average Bonchev–Trinajstić information content (AvgIpc) is 3.11. The Morgan fingerprint density at radius 2 is 2.32 bits per heavy atom. The van der Waals surface area contributed by atoms with Crippen LogP contribution < -0.4 is 5.32 Å². The van der Waals surface area contributed by atoms with Gasteiger partial charge in [-0.3, -0.25) is 4.79 Å². The molecule has 1 saturated carbocycles. The van der Waals surface area contributed by atoms with E-state index in [-0.39, 0.29) is 24.0 Å². The summed E-state index contributed by atoms with van der Waals surface area (Å²) < 4.78 is 13.5. The molecule has 1 aromatic carbocycles. The van der Waals surface area contributed by atoms with Crippen LogP contribution in [0.5, 0.6) is 0 Å². The first kappa shape index (κ1) is 13.6. The zero-order valence-electron chi connectivity index (χ0n) is 10.7. The number of aliphatic hydroxyl groups excluding tert-OH is 1. The van der Waals surface area contributed by atoms with Gasteiger partial charge in [-0.15, -0.1) is 0 Å². The minimum atomic E-state index is -0.428. The molecule has 0 heterocycles. The van der Waals surface area contributed by atoms with E-state index in [0.29, 0.717) is 18.0 Å². The number of carbonyl (C=O) groups is 1. The molecule has 0 saturated heterocycles. The van der Waals surface area contributed by atoms with Gasteiger partial charge in [0.25, 0.3) is 0 Å². The van der Waals surface area contributed by atoms with E-state index in [4.69, 9.17) is 5.11 Å². The van der Waals surface area contributed by atoms with Gasteiger partial charge in [0.2, 0.25) is 5.91 Å². The molecule has 1 fully saturated rings. The molecule has 2 N–H and O–H groups in total. The lowest BCUT2D eigenvalue weighted by molar-refractivity contribution is -0.117. The van der Waals surface area contributed by atoms with Crippen LogP contribution in [0, 0.1) is 29.5 Å². The highest BCUT2D eigenvalue weighted by Crippen LogP contribution is 2.38. The maximum absolute atomic E-state index is 13.5. The Morgan fingerprint density at radius 1 is 1.58 bits per heavy atom. The normalized spacial score (nSPS) is 20.4. The minimum absolute atomic E-state index is 0.0200. The summed E-state index contributed by atoms with van der Waals surface area (Å²) in [6.45, 7) is 1.98. The lowest BCUT2D eigenvalue weighted by atomic mass is 10.1. The first-order chi connectivity index (χ1) is 9.11. The number of benzene rings is 1. The fraction of sp³-hybridized carbons (Fsp3) is 0.400. The highest BCUT2D eigenvalue weighted by atomic mass is 19.1. The second-order valence-electron chi connectivity index (χ2n) is 4.78. The molecule has 3 nitrogen and oxygen atoms in total. The van der Waals surface area contributed by atoms with Crippen molar-refractivity contribution in [1.82, 2.24) is 0 Å². The van der Waals surface area contributed by atoms with Crippen LogP contribution in [0.15, 0.2) is 18.2 Å². The maximum atomic E-state index is 13.5. The molecule has 0 aliphatic heterocycles. The quantitative estimate of drug-likeness (QED) is 0.819. The minimum Gasteiger partial charge on any atom is -0.395 e. The van der Waals surface area contributed by atoms with Crippen LogP contribution in [0.3, 0.4) is 0 Å². The second kappa shape index (κ2) is 5.85. The fourth-order valence-electron chi connectivity index (χ4n) is 1.83. The van der Waals surface area contributed by atoms with Crippen molar-refractivity contribution in [3.05, 3.63) is 29.6 Å². The maximum Gasteiger partial charge on any atom is 0.227 e. The van der Waals surface area contributed by atoms with E-state index >= 15 is 0 Å². The smallest absolute Gasteiger partial charge is 0.227 e. The molecular formula is C15H16FNO2. The first-order valence-corrected chi connectivity index (χ1v) is 6.32. The van der Waals surface area contributed by atoms with Gasteiger partial charge in [-0.2, -0.15) is 0 Å². The molecule has 4 heteroatoms. The molecule has 1 aliphatic rings. The van der Waals surface area contributed by atoms with Crippen LogP contribution in [0.1, 0.15) is 25.3 Å². The van der Waals surface area contributed by atoms with E-state index in [1.165, 1.54) is 18.2 Å². The molecule has 1 aliphatic carbocycles. The van der Waals surface area contributed by atoms with Crippen LogP contribution in [-0.4, -0.2) is 17.6 Å². The van der Waals surface area contributed by atoms with Crippen LogP contribution in [-0.2, 0) is 4.79 Å². The largest absolute Gasteiger partial charge is 0.395 e. The monoisotopic (exact) mass is 261 g/mol. The molecule has 0 bridgehead atoms. The van der Waals surface area contributed by atoms with Gasteiger partial charge in [0.1, 0.15) is 5.82 Å². The van der Waals surface area contributed by atoms with Gasteiger partial charge >= 0.3 is 0 Å². The van der Waals surface area contributed by atoms with Crippen molar-refractivity contribution < 1.29 is 14.3 Å². The predicted molar refractivity (Wildman–Crippen MR) is 70.9 cm³/mol. The second-order valence-corrected chi connectivity index (χ2v) is 4.78. The van der Waals surface area contributed by atoms with Gasteiger partial charge in [-0.1, -0.05) is 18.8 Å². The van der Waals surface area contributed by atoms with Gasteiger partial charge < -0.3 is 10.4 Å². The van der Waals surface area contributed by atoms with Crippen LogP contribution in [0.25, 0.3) is 0 Å². The molecule has 2 atom stereocenters. The highest BCUT2D eigenvalue weighted by Gasteiger charge is 2.39. The van der Waals surface area contributed by atoms with Crippen LogP contribution in [0.4, 0.5) is 10.1 Å². The number of nitrogens with one attached hydrogen (secondary N) is 1. The lowest BCUT2D eigenvalue weighted by Crippen LogP contribution is -2.14. The molecule has 0 aromatic heterocycles. The van der Waals surface area contributed by atoms with E-state index in [1.807, 2.05) is 6.92 Å². The molecule has 1 amide bonds. The summed E-state index contributed by atoms with van der Waals surface area (Å²) >= 11 is 0. The van der Waals surface area contributed by atoms with Gasteiger partial charge in [0.05, 0.1) is 12.2 Å². The summed E-state index contributed by atoms with van der Waals surface area (Å²) in [6.07, 6.45) is 1.21. The number of rotatable bonds is 3. The van der Waals surface area contributed by atoms with Gasteiger partial charge in [-0.25, -0.2) is 4.39 Å². The number of hydrogen-bond acceptors (Lipinski definition) is 2. The third-order valence-corrected chi connectivity index (χ3v) is 3.14. The summed E-state index contributed by atoms with van der Waals surface area (Å²) in [5.74, 6) is 5.37. The standard InChI is InChI=1S/C15H16FNO2/c1-10-8-13(10)15(19)17-12-5-6-14(16)11(9-12)4-2-3-7-18/h5-6,9-10,13,18H,3,7-8H2,1H3,(H,17,19). The number of aliphatic hydroxyl groups is 1. The predicted octanol–water partition coefficient (Wildman–Crippen LogP) is 2.15. The molecule has 1 aromatic rings. The van der Waals surface area contributed by atoms with Crippen molar-refractivity contribution in [2.45, 2.75) is 19.8 Å². The van der Waals surface area contributed by atoms with Gasteiger partial charge in [-0.05, 0) is 30.5 Å². The summed E-state index contributed by atoms with van der Waals surface area (Å²) in [5, 5.41) is 11.4. The molecule has 0 radical (unpaired) electrons. The van der Waals surface area contributed by atoms with Crippen LogP contribution >= 0.6 is 0 Å². The van der Waals surface area contributed by atoms with E-state index in [2.05, 4.69) is 17.2 Å². The van der Waals surface area contributed by atoms with Crippen molar-refractivity contribution in [3.8, 4) is 11.8 Å². The van der Waals surface area contributed by atoms with Crippen LogP contribution in [0.2, 0.25) is 0 Å². The topological polar surface area (TPSA) is 49.3 Å². The average molecular weight is 261 g/mol. The van der Waals surface area contributed by atoms with E-state index in [0.717, 1.165) is 6.42 Å². The van der Waals surface area contributed by atoms with Crippen molar-refractivity contribution >= 4 is 11.6 Å². The number of anilines is 1. The number of carbonyl (C=O) groups excluding carboxylic acids is 1. The molecule has 2 unspecified atom stereocenters. The zero-order chi connectivity index (χ0) is 13.8. The summed E-state index contributed by atoms with van der Waals surface area (Å²) in [5.41, 5.74) is 0.786. The third-order valence-electron chi connectivity index (χ3n) is 3.14. The molecule has 0 spiro atoms. The molecular weight excluding hydrogens is 245 g/mol. The summed E-state index contributed by atoms with van der Waals surface area (Å²) in [4.78, 5) is 11.8. The highest BCUT2D eigenvalue weighted by molar-refractivity contribution is 5.94. The first-order valence-electron chi connectivity index (χ1n) is 6.32. The van der Waals surface area contributed by atoms with Crippen molar-refractivity contribution in [3.63, 3.8) is 0 Å². The van der Waals surface area contributed by atoms with E-state index < -0.39 is 5.82 Å². The van der Waals surface area contributed by atoms with Crippen molar-refractivity contribution in [2.75, 3.05) is 11.9 Å². The zero-order valence-corrected chi connectivity index (χ0v) is 10.7. The van der Waals surface area contributed by atoms with E-state index in [1.54, 1.807) is 0 Å². The van der Waals surface area contributed by atoms with E-state index in [9.17, 15) is 9.18 Å². The van der Waals surface area contributed by atoms with Gasteiger partial charge in [0, 0.05) is 18.0 Å². The summed E-state index contributed by atoms with van der Waals surface area (Å²) in [7, 11) is 0. The Hall–Kier alpha value is -1.86. The molecule has 100 valence electrons. The Bertz CT molecular complexity index is 545. The van der Waals surface area contributed by atoms with Gasteiger partial charge in [0.15, 0.2) is 0 Å². The third kappa shape index (κ3) is 3.55. The Morgan fingerprint density at radius 3 is 2.95 bits per heavy atom. The molecule has 19 heavy (non-hydrogen) atoms. The fourth-order valence-corrected chi connectivity index (χ4v) is 1.83. The molecule has 2 rings (SSSR count). The Balaban J connectivity index is 2.08. The van der Waals surface area contributed by atoms with Crippen molar-refractivity contribution in [1.29, 1.82) is 0 Å². The Kier molecular flexibility index (Phi) is 4.18. The number of amides is 1. The Labute approximate surface area is 111 Å². The number of halogens is 1. The SMILES string of the molecule is CC1CC1C(=O)Nc1ccc(F)c(C#CCCO)c1.